The summed E-state index contributed by atoms with van der Waals surface area (Å²) in [6.45, 7) is 4.55. The molecular weight excluding hydrogens is 256 g/mol. The van der Waals surface area contributed by atoms with Crippen molar-refractivity contribution >= 4 is 5.78 Å². The second-order valence-electron chi connectivity index (χ2n) is 5.58. The summed E-state index contributed by atoms with van der Waals surface area (Å²) in [5.41, 5.74) is 1.97. The molecule has 0 spiro atoms. The number of ether oxygens (including phenoxy) is 3. The van der Waals surface area contributed by atoms with Gasteiger partial charge in [0.15, 0.2) is 17.7 Å². The van der Waals surface area contributed by atoms with Crippen LogP contribution < -0.4 is 0 Å². The minimum absolute atomic E-state index is 0.0288. The van der Waals surface area contributed by atoms with E-state index in [1.54, 1.807) is 6.08 Å². The Morgan fingerprint density at radius 2 is 1.80 bits per heavy atom. The summed E-state index contributed by atoms with van der Waals surface area (Å²) >= 11 is 0. The van der Waals surface area contributed by atoms with Gasteiger partial charge in [0, 0.05) is 0 Å². The number of hydrogen-bond acceptors (Lipinski definition) is 4. The van der Waals surface area contributed by atoms with Crippen LogP contribution in [0.2, 0.25) is 0 Å². The summed E-state index contributed by atoms with van der Waals surface area (Å²) in [5, 5.41) is 0. The highest BCUT2D eigenvalue weighted by atomic mass is 16.8. The molecule has 2 aliphatic rings. The zero-order valence-electron chi connectivity index (χ0n) is 11.7. The first kappa shape index (κ1) is 13.5. The minimum Gasteiger partial charge on any atom is -0.372 e. The van der Waals surface area contributed by atoms with Crippen molar-refractivity contribution in [2.24, 2.45) is 0 Å². The predicted octanol–water partition coefficient (Wildman–Crippen LogP) is 2.23. The summed E-state index contributed by atoms with van der Waals surface area (Å²) in [6, 6.07) is 9.94. The molecule has 1 aliphatic heterocycles. The Hall–Kier alpha value is -1.49. The van der Waals surface area contributed by atoms with E-state index in [4.69, 9.17) is 14.2 Å². The van der Waals surface area contributed by atoms with E-state index in [1.807, 2.05) is 44.2 Å². The molecule has 1 aliphatic carbocycles. The summed E-state index contributed by atoms with van der Waals surface area (Å²) in [7, 11) is 0. The molecule has 0 bridgehead atoms. The third-order valence-electron chi connectivity index (χ3n) is 3.45. The van der Waals surface area contributed by atoms with E-state index in [9.17, 15) is 4.79 Å². The average molecular weight is 274 g/mol. The van der Waals surface area contributed by atoms with E-state index in [1.165, 1.54) is 0 Å². The maximum absolute atomic E-state index is 11.9. The van der Waals surface area contributed by atoms with Gasteiger partial charge >= 0.3 is 0 Å². The Kier molecular flexibility index (Phi) is 3.46. The Balaban J connectivity index is 1.58. The van der Waals surface area contributed by atoms with Crippen LogP contribution >= 0.6 is 0 Å². The van der Waals surface area contributed by atoms with Gasteiger partial charge in [-0.1, -0.05) is 30.3 Å². The van der Waals surface area contributed by atoms with Crippen molar-refractivity contribution in [1.29, 1.82) is 0 Å². The van der Waals surface area contributed by atoms with Crippen molar-refractivity contribution in [3.8, 4) is 0 Å². The van der Waals surface area contributed by atoms with Crippen LogP contribution in [0.5, 0.6) is 0 Å². The second kappa shape index (κ2) is 5.13. The van der Waals surface area contributed by atoms with Crippen molar-refractivity contribution in [2.75, 3.05) is 6.61 Å². The molecule has 1 aromatic carbocycles. The van der Waals surface area contributed by atoms with Crippen LogP contribution in [0.15, 0.2) is 42.0 Å². The minimum atomic E-state index is -0.704. The number of benzene rings is 1. The van der Waals surface area contributed by atoms with Crippen molar-refractivity contribution in [1.82, 2.24) is 0 Å². The quantitative estimate of drug-likeness (QED) is 0.844. The molecule has 3 rings (SSSR count). The third-order valence-corrected chi connectivity index (χ3v) is 3.45. The standard InChI is InChI=1S/C16H18O4/c1-16(2)19-14-12(8-13(17)15(14)20-16)10-18-9-11-6-4-3-5-7-11/h3-8,14-15H,9-10H2,1-2H3/t14-,15-/m0/s1. The van der Waals surface area contributed by atoms with Gasteiger partial charge in [-0.2, -0.15) is 0 Å². The van der Waals surface area contributed by atoms with Gasteiger partial charge in [0.1, 0.15) is 6.10 Å². The first-order chi connectivity index (χ1) is 9.55. The fourth-order valence-corrected chi connectivity index (χ4v) is 2.57. The van der Waals surface area contributed by atoms with Gasteiger partial charge in [0.05, 0.1) is 13.2 Å². The maximum Gasteiger partial charge on any atom is 0.187 e. The van der Waals surface area contributed by atoms with Crippen molar-refractivity contribution < 1.29 is 19.0 Å². The summed E-state index contributed by atoms with van der Waals surface area (Å²) in [5.74, 6) is -0.733. The molecule has 4 heteroatoms. The molecular formula is C16H18O4. The number of hydrogen-bond donors (Lipinski definition) is 0. The lowest BCUT2D eigenvalue weighted by Gasteiger charge is -2.18. The van der Waals surface area contributed by atoms with E-state index >= 15 is 0 Å². The zero-order valence-corrected chi connectivity index (χ0v) is 11.7. The number of carbonyl (C=O) groups excluding carboxylic acids is 1. The normalized spacial score (nSPS) is 27.5. The highest BCUT2D eigenvalue weighted by Gasteiger charge is 2.49. The molecule has 106 valence electrons. The molecule has 0 amide bonds. The van der Waals surface area contributed by atoms with Gasteiger partial charge in [0.25, 0.3) is 0 Å². The first-order valence-electron chi connectivity index (χ1n) is 6.77. The number of ketones is 1. The Morgan fingerprint density at radius 1 is 1.10 bits per heavy atom. The van der Waals surface area contributed by atoms with Gasteiger partial charge < -0.3 is 14.2 Å². The van der Waals surface area contributed by atoms with E-state index in [-0.39, 0.29) is 11.9 Å². The molecule has 4 nitrogen and oxygen atoms in total. The Labute approximate surface area is 118 Å². The molecule has 0 saturated carbocycles. The molecule has 0 aromatic heterocycles. The fourth-order valence-electron chi connectivity index (χ4n) is 2.57. The van der Waals surface area contributed by atoms with Gasteiger partial charge in [-0.3, -0.25) is 4.79 Å². The van der Waals surface area contributed by atoms with E-state index in [2.05, 4.69) is 0 Å². The Morgan fingerprint density at radius 3 is 2.55 bits per heavy atom. The molecule has 0 radical (unpaired) electrons. The summed E-state index contributed by atoms with van der Waals surface area (Å²) < 4.78 is 17.0. The molecule has 0 N–H and O–H groups in total. The van der Waals surface area contributed by atoms with Crippen LogP contribution in [0, 0.1) is 0 Å². The van der Waals surface area contributed by atoms with Crippen molar-refractivity contribution in [3.63, 3.8) is 0 Å². The van der Waals surface area contributed by atoms with Gasteiger partial charge in [0.2, 0.25) is 0 Å². The second-order valence-corrected chi connectivity index (χ2v) is 5.58. The number of rotatable bonds is 4. The van der Waals surface area contributed by atoms with Crippen LogP contribution in [0.25, 0.3) is 0 Å². The van der Waals surface area contributed by atoms with Gasteiger partial charge in [-0.25, -0.2) is 0 Å². The van der Waals surface area contributed by atoms with E-state index in [0.29, 0.717) is 13.2 Å². The maximum atomic E-state index is 11.9. The largest absolute Gasteiger partial charge is 0.372 e. The Bertz CT molecular complexity index is 533. The highest BCUT2D eigenvalue weighted by molar-refractivity contribution is 5.98. The molecule has 20 heavy (non-hydrogen) atoms. The molecule has 1 heterocycles. The lowest BCUT2D eigenvalue weighted by molar-refractivity contribution is -0.153. The van der Waals surface area contributed by atoms with Crippen LogP contribution in [0.4, 0.5) is 0 Å². The summed E-state index contributed by atoms with van der Waals surface area (Å²) in [4.78, 5) is 11.9. The third kappa shape index (κ3) is 2.68. The lowest BCUT2D eigenvalue weighted by Crippen LogP contribution is -2.26. The van der Waals surface area contributed by atoms with Crippen LogP contribution in [-0.2, 0) is 25.6 Å². The van der Waals surface area contributed by atoms with E-state index < -0.39 is 11.9 Å². The van der Waals surface area contributed by atoms with Crippen LogP contribution in [-0.4, -0.2) is 30.4 Å². The monoisotopic (exact) mass is 274 g/mol. The molecule has 1 saturated heterocycles. The first-order valence-corrected chi connectivity index (χ1v) is 6.77. The van der Waals surface area contributed by atoms with Gasteiger partial charge in [-0.15, -0.1) is 0 Å². The molecule has 2 atom stereocenters. The lowest BCUT2D eigenvalue weighted by atomic mass is 10.1. The van der Waals surface area contributed by atoms with Crippen molar-refractivity contribution in [3.05, 3.63) is 47.5 Å². The molecule has 1 aromatic rings. The number of fused-ring (bicyclic) bond motifs is 1. The predicted molar refractivity (Wildman–Crippen MR) is 73.0 cm³/mol. The average Bonchev–Trinajstić information content (AvgIpc) is 2.87. The molecule has 1 fully saturated rings. The van der Waals surface area contributed by atoms with Crippen LogP contribution in [0.1, 0.15) is 19.4 Å². The zero-order chi connectivity index (χ0) is 14.2. The highest BCUT2D eigenvalue weighted by Crippen LogP contribution is 2.36. The topological polar surface area (TPSA) is 44.8 Å². The summed E-state index contributed by atoms with van der Waals surface area (Å²) in [6.07, 6.45) is 0.795. The smallest absolute Gasteiger partial charge is 0.187 e. The van der Waals surface area contributed by atoms with Crippen molar-refractivity contribution in [2.45, 2.75) is 38.4 Å². The molecule has 0 unspecified atom stereocenters. The van der Waals surface area contributed by atoms with Gasteiger partial charge in [-0.05, 0) is 31.1 Å². The SMILES string of the molecule is CC1(C)O[C@H]2C(=O)C=C(COCc3ccccc3)[C@@H]2O1. The van der Waals surface area contributed by atoms with E-state index in [0.717, 1.165) is 11.1 Å². The van der Waals surface area contributed by atoms with Crippen LogP contribution in [0.3, 0.4) is 0 Å². The fraction of sp³-hybridized carbons (Fsp3) is 0.438. The number of carbonyl (C=O) groups is 1.